The number of esters is 1. The third-order valence-corrected chi connectivity index (χ3v) is 10.3. The van der Waals surface area contributed by atoms with Crippen LogP contribution in [0.4, 0.5) is 0 Å². The van der Waals surface area contributed by atoms with Crippen LogP contribution in [-0.4, -0.2) is 37.0 Å². The van der Waals surface area contributed by atoms with Crippen LogP contribution in [-0.2, 0) is 14.3 Å². The van der Waals surface area contributed by atoms with Crippen LogP contribution in [0.2, 0.25) is 0 Å². The fourth-order valence-electron chi connectivity index (χ4n) is 6.79. The highest BCUT2D eigenvalue weighted by Gasteiger charge is 2.13. The third-order valence-electron chi connectivity index (χ3n) is 10.3. The monoisotopic (exact) mass is 769 g/mol. The van der Waals surface area contributed by atoms with E-state index >= 15 is 0 Å². The molecule has 320 valence electrons. The molecule has 0 aliphatic heterocycles. The minimum atomic E-state index is -0.539. The molecule has 1 unspecified atom stereocenters. The van der Waals surface area contributed by atoms with E-state index in [0.717, 1.165) is 44.9 Å². The lowest BCUT2D eigenvalue weighted by Gasteiger charge is -2.16. The Kier molecular flexibility index (Phi) is 46.6. The average Bonchev–Trinajstić information content (AvgIpc) is 3.19. The predicted molar refractivity (Wildman–Crippen MR) is 242 cm³/mol. The highest BCUT2D eigenvalue weighted by Crippen LogP contribution is 2.14. The molecule has 0 rings (SSSR count). The smallest absolute Gasteiger partial charge is 0.306 e. The summed E-state index contributed by atoms with van der Waals surface area (Å²) in [6, 6.07) is 0. The van der Waals surface area contributed by atoms with E-state index in [1.807, 2.05) is 0 Å². The van der Waals surface area contributed by atoms with Gasteiger partial charge in [0.25, 0.3) is 0 Å². The highest BCUT2D eigenvalue weighted by atomic mass is 16.6. The second kappa shape index (κ2) is 48.2. The van der Waals surface area contributed by atoms with E-state index < -0.39 is 6.10 Å². The van der Waals surface area contributed by atoms with E-state index in [9.17, 15) is 9.90 Å². The maximum atomic E-state index is 12.3. The largest absolute Gasteiger partial charge is 0.457 e. The third kappa shape index (κ3) is 46.4. The molecule has 0 aromatic carbocycles. The summed E-state index contributed by atoms with van der Waals surface area (Å²) in [7, 11) is 0. The van der Waals surface area contributed by atoms with E-state index in [2.05, 4.69) is 74.6 Å². The molecule has 0 bridgehead atoms. The molecule has 1 N–H and O–H groups in total. The van der Waals surface area contributed by atoms with Gasteiger partial charge in [-0.1, -0.05) is 209 Å². The van der Waals surface area contributed by atoms with Crippen LogP contribution in [0.1, 0.15) is 232 Å². The van der Waals surface area contributed by atoms with Crippen molar-refractivity contribution in [1.82, 2.24) is 0 Å². The number of carbonyl (C=O) groups excluding carboxylic acids is 1. The highest BCUT2D eigenvalue weighted by molar-refractivity contribution is 5.69. The number of aliphatic hydroxyl groups is 1. The first-order chi connectivity index (χ1) is 27.2. The minimum absolute atomic E-state index is 0.174. The molecule has 0 spiro atoms. The number of rotatable bonds is 44. The number of hydrogen-bond donors (Lipinski definition) is 1. The van der Waals surface area contributed by atoms with E-state index in [0.29, 0.717) is 19.6 Å². The molecule has 0 radical (unpaired) electrons. The summed E-state index contributed by atoms with van der Waals surface area (Å²) in [6.45, 7) is 5.24. The van der Waals surface area contributed by atoms with Crippen molar-refractivity contribution in [3.8, 4) is 0 Å². The maximum absolute atomic E-state index is 12.3. The number of ether oxygens (including phenoxy) is 2. The van der Waals surface area contributed by atoms with Gasteiger partial charge in [-0.25, -0.2) is 0 Å². The molecule has 0 fully saturated rings. The second-order valence-corrected chi connectivity index (χ2v) is 15.8. The summed E-state index contributed by atoms with van der Waals surface area (Å²) in [5.41, 5.74) is 0. The molecule has 0 aromatic heterocycles. The van der Waals surface area contributed by atoms with Gasteiger partial charge in [0.2, 0.25) is 0 Å². The van der Waals surface area contributed by atoms with Crippen LogP contribution in [0, 0.1) is 0 Å². The second-order valence-electron chi connectivity index (χ2n) is 15.8. The average molecular weight is 769 g/mol. The molecule has 0 amide bonds. The number of hydrogen-bond acceptors (Lipinski definition) is 4. The van der Waals surface area contributed by atoms with E-state index in [-0.39, 0.29) is 12.6 Å². The van der Waals surface area contributed by atoms with Crippen molar-refractivity contribution in [3.05, 3.63) is 60.8 Å². The predicted octanol–water partition coefficient (Wildman–Crippen LogP) is 16.0. The van der Waals surface area contributed by atoms with Crippen LogP contribution in [0.5, 0.6) is 0 Å². The van der Waals surface area contributed by atoms with Gasteiger partial charge in [-0.2, -0.15) is 0 Å². The lowest BCUT2D eigenvalue weighted by Crippen LogP contribution is -2.27. The van der Waals surface area contributed by atoms with E-state index in [1.54, 1.807) is 0 Å². The molecule has 0 heterocycles. The van der Waals surface area contributed by atoms with Crippen molar-refractivity contribution in [2.45, 2.75) is 238 Å². The lowest BCUT2D eigenvalue weighted by molar-refractivity contribution is -0.154. The molecule has 0 saturated heterocycles. The minimum Gasteiger partial charge on any atom is -0.457 e. The Morgan fingerprint density at radius 1 is 0.455 bits per heavy atom. The van der Waals surface area contributed by atoms with Crippen LogP contribution in [0.25, 0.3) is 0 Å². The molecule has 0 aliphatic rings. The topological polar surface area (TPSA) is 55.8 Å². The zero-order valence-corrected chi connectivity index (χ0v) is 36.7. The van der Waals surface area contributed by atoms with Gasteiger partial charge in [0.05, 0.1) is 13.2 Å². The normalized spacial score (nSPS) is 12.9. The summed E-state index contributed by atoms with van der Waals surface area (Å²) in [5.74, 6) is -0.205. The molecule has 1 atom stereocenters. The van der Waals surface area contributed by atoms with Gasteiger partial charge in [0.1, 0.15) is 6.10 Å². The van der Waals surface area contributed by atoms with Crippen LogP contribution in [0.3, 0.4) is 0 Å². The van der Waals surface area contributed by atoms with Crippen molar-refractivity contribution in [3.63, 3.8) is 0 Å². The first-order valence-electron chi connectivity index (χ1n) is 23.9. The molecular weight excluding hydrogens is 677 g/mol. The van der Waals surface area contributed by atoms with Crippen LogP contribution in [0.15, 0.2) is 60.8 Å². The van der Waals surface area contributed by atoms with Crippen molar-refractivity contribution in [1.29, 1.82) is 0 Å². The first-order valence-corrected chi connectivity index (χ1v) is 23.9. The summed E-state index contributed by atoms with van der Waals surface area (Å²) >= 11 is 0. The quantitative estimate of drug-likeness (QED) is 0.0381. The Balaban J connectivity index is 3.43. The Hall–Kier alpha value is -1.91. The zero-order chi connectivity index (χ0) is 39.8. The Morgan fingerprint density at radius 3 is 1.25 bits per heavy atom. The van der Waals surface area contributed by atoms with Crippen molar-refractivity contribution in [2.24, 2.45) is 0 Å². The van der Waals surface area contributed by atoms with Gasteiger partial charge in [-0.05, 0) is 77.0 Å². The number of aliphatic hydroxyl groups excluding tert-OH is 1. The van der Waals surface area contributed by atoms with Gasteiger partial charge in [-0.3, -0.25) is 4.79 Å². The Morgan fingerprint density at radius 2 is 0.818 bits per heavy atom. The summed E-state index contributed by atoms with van der Waals surface area (Å²) in [5, 5.41) is 9.64. The summed E-state index contributed by atoms with van der Waals surface area (Å²) in [4.78, 5) is 12.3. The Labute approximate surface area is 343 Å². The number of unbranched alkanes of at least 4 members (excludes halogenated alkanes) is 26. The standard InChI is InChI=1S/C51H92O4/c1-3-5-7-9-11-13-15-17-19-21-23-25-26-27-28-30-32-34-36-38-40-42-44-46-51(53)55-50(48-52)49-54-47-45-43-41-39-37-35-33-31-29-24-22-20-18-16-14-12-10-8-6-4-2/h5,7,11,13,17-20,23,25,50,52H,3-4,6,8-10,12,14-16,21-22,24,26-49H2,1-2H3/b7-5-,13-11-,19-17-,20-18-,25-23-. The summed E-state index contributed by atoms with van der Waals surface area (Å²) < 4.78 is 11.2. The van der Waals surface area contributed by atoms with E-state index in [4.69, 9.17) is 9.47 Å². The fraction of sp³-hybridized carbons (Fsp3) is 0.784. The zero-order valence-electron chi connectivity index (χ0n) is 36.7. The number of allylic oxidation sites excluding steroid dienone is 10. The van der Waals surface area contributed by atoms with Crippen molar-refractivity contribution < 1.29 is 19.4 Å². The molecule has 4 heteroatoms. The molecule has 0 aromatic rings. The molecular formula is C51H92O4. The van der Waals surface area contributed by atoms with Gasteiger partial charge >= 0.3 is 5.97 Å². The van der Waals surface area contributed by atoms with Gasteiger partial charge < -0.3 is 14.6 Å². The molecule has 55 heavy (non-hydrogen) atoms. The SMILES string of the molecule is CC/C=C\C/C=C\C/C=C\C/C=C\CCCCCCCCCCCCC(=O)OC(CO)COCCCCCCCCCCCC/C=C\CCCCCCCC. The molecule has 0 saturated carbocycles. The summed E-state index contributed by atoms with van der Waals surface area (Å²) in [6.07, 6.45) is 64.4. The number of carbonyl (C=O) groups is 1. The van der Waals surface area contributed by atoms with Crippen LogP contribution >= 0.6 is 0 Å². The molecule has 4 nitrogen and oxygen atoms in total. The van der Waals surface area contributed by atoms with E-state index in [1.165, 1.54) is 167 Å². The first kappa shape index (κ1) is 53.1. The fourth-order valence-corrected chi connectivity index (χ4v) is 6.79. The van der Waals surface area contributed by atoms with Gasteiger partial charge in [0.15, 0.2) is 0 Å². The van der Waals surface area contributed by atoms with Gasteiger partial charge in [-0.15, -0.1) is 0 Å². The van der Waals surface area contributed by atoms with Crippen molar-refractivity contribution in [2.75, 3.05) is 19.8 Å². The lowest BCUT2D eigenvalue weighted by atomic mass is 10.0. The Bertz CT molecular complexity index is 900. The van der Waals surface area contributed by atoms with Crippen LogP contribution < -0.4 is 0 Å². The molecule has 0 aliphatic carbocycles. The maximum Gasteiger partial charge on any atom is 0.306 e. The van der Waals surface area contributed by atoms with Crippen molar-refractivity contribution >= 4 is 5.97 Å². The van der Waals surface area contributed by atoms with Gasteiger partial charge in [0, 0.05) is 13.0 Å².